The largest absolute Gasteiger partial charge is 0.367 e. The van der Waals surface area contributed by atoms with Crippen molar-refractivity contribution in [3.05, 3.63) is 10.7 Å². The van der Waals surface area contributed by atoms with Gasteiger partial charge in [-0.15, -0.1) is 0 Å². The van der Waals surface area contributed by atoms with E-state index >= 15 is 0 Å². The number of hydrogen-bond donors (Lipinski definition) is 2. The average molecular weight is 314 g/mol. The van der Waals surface area contributed by atoms with Crippen LogP contribution in [0.1, 0.15) is 19.8 Å². The second kappa shape index (κ2) is 6.33. The third-order valence-electron chi connectivity index (χ3n) is 3.38. The van der Waals surface area contributed by atoms with Crippen LogP contribution >= 0.6 is 15.9 Å². The number of hydrogen-bond acceptors (Lipinski definition) is 5. The molecule has 1 aliphatic rings. The van der Waals surface area contributed by atoms with Crippen LogP contribution in [0.3, 0.4) is 0 Å². The molecule has 0 saturated carbocycles. The van der Waals surface area contributed by atoms with E-state index in [0.29, 0.717) is 12.0 Å². The summed E-state index contributed by atoms with van der Waals surface area (Å²) in [6, 6.07) is 0.620. The lowest BCUT2D eigenvalue weighted by atomic mass is 10.2. The molecule has 0 spiro atoms. The zero-order valence-corrected chi connectivity index (χ0v) is 12.5. The molecule has 5 nitrogen and oxygen atoms in total. The molecule has 2 N–H and O–H groups in total. The van der Waals surface area contributed by atoms with Crippen LogP contribution in [-0.4, -0.2) is 47.6 Å². The second-order valence-corrected chi connectivity index (χ2v) is 5.30. The van der Waals surface area contributed by atoms with Crippen LogP contribution in [-0.2, 0) is 0 Å². The summed E-state index contributed by atoms with van der Waals surface area (Å²) in [6.07, 6.45) is 4.34. The lowest BCUT2D eigenvalue weighted by Gasteiger charge is -2.23. The first-order valence-electron chi connectivity index (χ1n) is 6.42. The number of nitrogens with one attached hydrogen (secondary N) is 2. The van der Waals surface area contributed by atoms with Gasteiger partial charge >= 0.3 is 0 Å². The van der Waals surface area contributed by atoms with E-state index in [9.17, 15) is 0 Å². The van der Waals surface area contributed by atoms with Gasteiger partial charge in [-0.2, -0.15) is 4.98 Å². The number of aromatic nitrogens is 2. The Labute approximate surface area is 117 Å². The molecule has 0 bridgehead atoms. The highest BCUT2D eigenvalue weighted by Gasteiger charge is 2.22. The Morgan fingerprint density at radius 2 is 2.39 bits per heavy atom. The molecule has 1 atom stereocenters. The molecule has 1 aromatic rings. The lowest BCUT2D eigenvalue weighted by molar-refractivity contribution is 0.277. The maximum Gasteiger partial charge on any atom is 0.224 e. The minimum Gasteiger partial charge on any atom is -0.367 e. The zero-order valence-electron chi connectivity index (χ0n) is 10.9. The van der Waals surface area contributed by atoms with Crippen molar-refractivity contribution < 1.29 is 0 Å². The van der Waals surface area contributed by atoms with Crippen molar-refractivity contribution in [1.82, 2.24) is 14.9 Å². The molecule has 1 aliphatic heterocycles. The van der Waals surface area contributed by atoms with E-state index in [1.54, 1.807) is 6.20 Å². The smallest absolute Gasteiger partial charge is 0.224 e. The van der Waals surface area contributed by atoms with Crippen molar-refractivity contribution in [3.63, 3.8) is 0 Å². The normalized spacial score (nSPS) is 20.1. The van der Waals surface area contributed by atoms with Crippen LogP contribution in [0, 0.1) is 0 Å². The summed E-state index contributed by atoms with van der Waals surface area (Å²) in [5.41, 5.74) is 0. The monoisotopic (exact) mass is 313 g/mol. The predicted octanol–water partition coefficient (Wildman–Crippen LogP) is 2.18. The number of likely N-dealkylation sites (tertiary alicyclic amines) is 1. The van der Waals surface area contributed by atoms with Crippen LogP contribution in [0.5, 0.6) is 0 Å². The highest BCUT2D eigenvalue weighted by atomic mass is 79.9. The molecule has 100 valence electrons. The van der Waals surface area contributed by atoms with Gasteiger partial charge < -0.3 is 10.6 Å². The first-order valence-corrected chi connectivity index (χ1v) is 7.22. The molecular weight excluding hydrogens is 294 g/mol. The highest BCUT2D eigenvalue weighted by molar-refractivity contribution is 9.10. The van der Waals surface area contributed by atoms with Gasteiger partial charge in [-0.25, -0.2) is 4.98 Å². The average Bonchev–Trinajstić information content (AvgIpc) is 2.85. The van der Waals surface area contributed by atoms with E-state index in [-0.39, 0.29) is 0 Å². The number of anilines is 2. The van der Waals surface area contributed by atoms with E-state index < -0.39 is 0 Å². The van der Waals surface area contributed by atoms with E-state index in [0.717, 1.165) is 23.4 Å². The Bertz CT molecular complexity index is 398. The molecule has 0 radical (unpaired) electrons. The van der Waals surface area contributed by atoms with Gasteiger partial charge in [0, 0.05) is 25.8 Å². The van der Waals surface area contributed by atoms with Gasteiger partial charge in [-0.1, -0.05) is 6.92 Å². The number of halogens is 1. The summed E-state index contributed by atoms with van der Waals surface area (Å²) in [5.74, 6) is 1.50. The molecule has 2 heterocycles. The quantitative estimate of drug-likeness (QED) is 0.872. The van der Waals surface area contributed by atoms with Gasteiger partial charge in [0.25, 0.3) is 0 Å². The molecular formula is C12H20BrN5. The van der Waals surface area contributed by atoms with E-state index in [4.69, 9.17) is 0 Å². The van der Waals surface area contributed by atoms with Crippen molar-refractivity contribution in [2.24, 2.45) is 0 Å². The molecule has 1 aromatic heterocycles. The summed E-state index contributed by atoms with van der Waals surface area (Å²) >= 11 is 3.47. The molecule has 18 heavy (non-hydrogen) atoms. The Kier molecular flexibility index (Phi) is 4.77. The van der Waals surface area contributed by atoms with Crippen LogP contribution in [0.15, 0.2) is 10.7 Å². The molecule has 1 fully saturated rings. The first-order chi connectivity index (χ1) is 8.74. The lowest BCUT2D eigenvalue weighted by Crippen LogP contribution is -2.34. The molecule has 6 heteroatoms. The number of rotatable bonds is 5. The summed E-state index contributed by atoms with van der Waals surface area (Å²) in [7, 11) is 1.82. The van der Waals surface area contributed by atoms with Crippen molar-refractivity contribution in [2.45, 2.75) is 25.8 Å². The Hall–Kier alpha value is -0.880. The van der Waals surface area contributed by atoms with Crippen molar-refractivity contribution >= 4 is 27.7 Å². The van der Waals surface area contributed by atoms with Gasteiger partial charge in [0.05, 0.1) is 4.47 Å². The molecule has 0 aliphatic carbocycles. The number of nitrogens with zero attached hydrogens (tertiary/aromatic N) is 3. The minimum atomic E-state index is 0.620. The van der Waals surface area contributed by atoms with E-state index in [1.165, 1.54) is 19.4 Å². The van der Waals surface area contributed by atoms with Crippen LogP contribution in [0.4, 0.5) is 11.8 Å². The van der Waals surface area contributed by atoms with Gasteiger partial charge in [0.1, 0.15) is 5.82 Å². The second-order valence-electron chi connectivity index (χ2n) is 4.45. The SMILES string of the molecule is CCN1CCCC1CNc1nc(NC)ncc1Br. The van der Waals surface area contributed by atoms with E-state index in [2.05, 4.69) is 48.4 Å². The highest BCUT2D eigenvalue weighted by Crippen LogP contribution is 2.22. The van der Waals surface area contributed by atoms with Crippen LogP contribution < -0.4 is 10.6 Å². The molecule has 1 unspecified atom stereocenters. The van der Waals surface area contributed by atoms with Crippen LogP contribution in [0.2, 0.25) is 0 Å². The first kappa shape index (κ1) is 13.5. The summed E-state index contributed by atoms with van der Waals surface area (Å²) in [4.78, 5) is 11.1. The van der Waals surface area contributed by atoms with Crippen LogP contribution in [0.25, 0.3) is 0 Å². The third kappa shape index (κ3) is 3.11. The van der Waals surface area contributed by atoms with Gasteiger partial charge in [0.15, 0.2) is 0 Å². The molecule has 0 aromatic carbocycles. The standard InChI is InChI=1S/C12H20BrN5/c1-3-18-6-4-5-9(18)7-15-11-10(13)8-16-12(14-2)17-11/h8-9H,3-7H2,1-2H3,(H2,14,15,16,17). The van der Waals surface area contributed by atoms with E-state index in [1.807, 2.05) is 7.05 Å². The minimum absolute atomic E-state index is 0.620. The zero-order chi connectivity index (χ0) is 13.0. The fourth-order valence-electron chi connectivity index (χ4n) is 2.37. The predicted molar refractivity (Wildman–Crippen MR) is 78.0 cm³/mol. The fourth-order valence-corrected chi connectivity index (χ4v) is 2.70. The Balaban J connectivity index is 1.97. The Morgan fingerprint density at radius 3 is 3.11 bits per heavy atom. The van der Waals surface area contributed by atoms with Gasteiger partial charge in [-0.05, 0) is 41.9 Å². The Morgan fingerprint density at radius 1 is 1.56 bits per heavy atom. The summed E-state index contributed by atoms with van der Waals surface area (Å²) in [6.45, 7) is 5.50. The molecule has 2 rings (SSSR count). The molecule has 0 amide bonds. The van der Waals surface area contributed by atoms with Gasteiger partial charge in [-0.3, -0.25) is 4.90 Å². The van der Waals surface area contributed by atoms with Crippen molar-refractivity contribution in [2.75, 3.05) is 37.3 Å². The summed E-state index contributed by atoms with van der Waals surface area (Å²) in [5, 5.41) is 6.36. The fraction of sp³-hybridized carbons (Fsp3) is 0.667. The molecule has 1 saturated heterocycles. The maximum absolute atomic E-state index is 4.40. The third-order valence-corrected chi connectivity index (χ3v) is 3.96. The van der Waals surface area contributed by atoms with Gasteiger partial charge in [0.2, 0.25) is 5.95 Å². The maximum atomic E-state index is 4.40. The van der Waals surface area contributed by atoms with Crippen molar-refractivity contribution in [3.8, 4) is 0 Å². The summed E-state index contributed by atoms with van der Waals surface area (Å²) < 4.78 is 0.905. The topological polar surface area (TPSA) is 53.1 Å². The van der Waals surface area contributed by atoms with Crippen molar-refractivity contribution in [1.29, 1.82) is 0 Å². The number of likely N-dealkylation sites (N-methyl/N-ethyl adjacent to an activating group) is 1.